The molecular weight excluding hydrogens is 350 g/mol. The van der Waals surface area contributed by atoms with Crippen LogP contribution in [0, 0.1) is 0 Å². The molecule has 0 saturated carbocycles. The highest BCUT2D eigenvalue weighted by Crippen LogP contribution is 2.17. The summed E-state index contributed by atoms with van der Waals surface area (Å²) >= 11 is 6.06. The number of carbonyl (C=O) groups is 1. The Bertz CT molecular complexity index is 892. The van der Waals surface area contributed by atoms with Crippen LogP contribution < -0.4 is 5.32 Å². The van der Waals surface area contributed by atoms with Crippen LogP contribution in [0.3, 0.4) is 0 Å². The lowest BCUT2D eigenvalue weighted by molar-refractivity contribution is 0.0953. The average molecular weight is 372 g/mol. The molecule has 136 valence electrons. The molecule has 0 atom stereocenters. The summed E-state index contributed by atoms with van der Waals surface area (Å²) in [7, 11) is 1.70. The van der Waals surface area contributed by atoms with Gasteiger partial charge in [-0.1, -0.05) is 35.9 Å². The van der Waals surface area contributed by atoms with E-state index in [0.717, 1.165) is 36.2 Å². The van der Waals surface area contributed by atoms with Gasteiger partial charge in [0.1, 0.15) is 5.82 Å². The van der Waals surface area contributed by atoms with E-state index in [1.807, 2.05) is 24.3 Å². The topological polar surface area (TPSA) is 56.1 Å². The zero-order chi connectivity index (χ0) is 18.4. The number of hydrogen-bond acceptors (Lipinski definition) is 3. The molecule has 5 nitrogen and oxygen atoms in total. The van der Waals surface area contributed by atoms with Gasteiger partial charge >= 0.3 is 0 Å². The number of imidazole rings is 1. The molecule has 6 heteroatoms. The molecule has 3 aromatic rings. The normalized spacial score (nSPS) is 11.0. The van der Waals surface area contributed by atoms with Crippen LogP contribution in [0.15, 0.2) is 48.5 Å². The first-order valence-electron chi connectivity index (χ1n) is 8.66. The first-order chi connectivity index (χ1) is 12.7. The van der Waals surface area contributed by atoms with Gasteiger partial charge in [0.05, 0.1) is 28.2 Å². The van der Waals surface area contributed by atoms with E-state index in [1.54, 1.807) is 25.3 Å². The molecule has 0 unspecified atom stereocenters. The van der Waals surface area contributed by atoms with Gasteiger partial charge in [-0.05, 0) is 30.7 Å². The number of para-hydroxylation sites is 2. The monoisotopic (exact) mass is 371 g/mol. The molecule has 1 aromatic heterocycles. The highest BCUT2D eigenvalue weighted by molar-refractivity contribution is 6.33. The number of amides is 1. The lowest BCUT2D eigenvalue weighted by atomic mass is 10.2. The molecule has 2 aromatic carbocycles. The smallest absolute Gasteiger partial charge is 0.252 e. The van der Waals surface area contributed by atoms with Crippen LogP contribution in [0.1, 0.15) is 22.6 Å². The minimum Gasteiger partial charge on any atom is -0.383 e. The Morgan fingerprint density at radius 2 is 1.96 bits per heavy atom. The van der Waals surface area contributed by atoms with Gasteiger partial charge in [-0.3, -0.25) is 4.79 Å². The summed E-state index contributed by atoms with van der Waals surface area (Å²) in [6, 6.07) is 15.1. The molecule has 0 aliphatic heterocycles. The minimum absolute atomic E-state index is 0.150. The maximum Gasteiger partial charge on any atom is 0.252 e. The maximum absolute atomic E-state index is 12.2. The second-order valence-corrected chi connectivity index (χ2v) is 6.41. The second-order valence-electron chi connectivity index (χ2n) is 6.00. The van der Waals surface area contributed by atoms with Gasteiger partial charge in [0.15, 0.2) is 0 Å². The summed E-state index contributed by atoms with van der Waals surface area (Å²) in [4.78, 5) is 16.9. The summed E-state index contributed by atoms with van der Waals surface area (Å²) in [6.07, 6.45) is 1.58. The van der Waals surface area contributed by atoms with Gasteiger partial charge in [0, 0.05) is 26.6 Å². The number of methoxy groups -OCH3 is 1. The van der Waals surface area contributed by atoms with Crippen LogP contribution in [-0.2, 0) is 17.7 Å². The first-order valence-corrected chi connectivity index (χ1v) is 9.04. The van der Waals surface area contributed by atoms with Crippen molar-refractivity contribution in [2.24, 2.45) is 0 Å². The number of nitrogens with zero attached hydrogens (tertiary/aromatic N) is 2. The highest BCUT2D eigenvalue weighted by Gasteiger charge is 2.11. The van der Waals surface area contributed by atoms with E-state index in [1.165, 1.54) is 0 Å². The Morgan fingerprint density at radius 1 is 1.19 bits per heavy atom. The molecule has 1 heterocycles. The van der Waals surface area contributed by atoms with Gasteiger partial charge in [-0.2, -0.15) is 0 Å². The van der Waals surface area contributed by atoms with Crippen molar-refractivity contribution >= 4 is 28.5 Å². The van der Waals surface area contributed by atoms with Crippen molar-refractivity contribution in [3.63, 3.8) is 0 Å². The summed E-state index contributed by atoms with van der Waals surface area (Å²) in [5.74, 6) is 0.860. The van der Waals surface area contributed by atoms with Crippen LogP contribution in [0.4, 0.5) is 0 Å². The second kappa shape index (κ2) is 8.83. The molecule has 0 bridgehead atoms. The fraction of sp³-hybridized carbons (Fsp3) is 0.300. The summed E-state index contributed by atoms with van der Waals surface area (Å²) in [6.45, 7) is 1.96. The Kier molecular flexibility index (Phi) is 6.26. The van der Waals surface area contributed by atoms with Crippen molar-refractivity contribution in [1.29, 1.82) is 0 Å². The quantitative estimate of drug-likeness (QED) is 0.614. The van der Waals surface area contributed by atoms with E-state index in [0.29, 0.717) is 23.7 Å². The molecule has 0 spiro atoms. The van der Waals surface area contributed by atoms with Crippen molar-refractivity contribution in [3.05, 3.63) is 64.9 Å². The van der Waals surface area contributed by atoms with Crippen LogP contribution in [0.2, 0.25) is 5.02 Å². The molecule has 0 aliphatic carbocycles. The van der Waals surface area contributed by atoms with E-state index >= 15 is 0 Å². The zero-order valence-electron chi connectivity index (χ0n) is 14.7. The van der Waals surface area contributed by atoms with Crippen LogP contribution in [-0.4, -0.2) is 35.7 Å². The first kappa shape index (κ1) is 18.4. The van der Waals surface area contributed by atoms with E-state index in [-0.39, 0.29) is 5.91 Å². The van der Waals surface area contributed by atoms with Gasteiger partial charge in [0.2, 0.25) is 0 Å². The molecule has 1 N–H and O–H groups in total. The maximum atomic E-state index is 12.2. The largest absolute Gasteiger partial charge is 0.383 e. The zero-order valence-corrected chi connectivity index (χ0v) is 15.5. The third-order valence-electron chi connectivity index (χ3n) is 4.23. The SMILES string of the molecule is COCCn1c(CCCNC(=O)c2ccccc2Cl)nc2ccccc21. The molecule has 0 aliphatic rings. The third kappa shape index (κ3) is 4.23. The number of rotatable bonds is 8. The number of ether oxygens (including phenoxy) is 1. The predicted octanol–water partition coefficient (Wildman–Crippen LogP) is 3.70. The average Bonchev–Trinajstić information content (AvgIpc) is 3.01. The van der Waals surface area contributed by atoms with Crippen molar-refractivity contribution in [3.8, 4) is 0 Å². The molecule has 0 fully saturated rings. The van der Waals surface area contributed by atoms with E-state index in [9.17, 15) is 4.79 Å². The predicted molar refractivity (Wildman–Crippen MR) is 104 cm³/mol. The molecule has 3 rings (SSSR count). The molecule has 0 saturated heterocycles. The lowest BCUT2D eigenvalue weighted by Gasteiger charge is -2.09. The number of halogens is 1. The fourth-order valence-electron chi connectivity index (χ4n) is 2.94. The minimum atomic E-state index is -0.150. The number of benzene rings is 2. The molecule has 26 heavy (non-hydrogen) atoms. The van der Waals surface area contributed by atoms with Gasteiger partial charge in [-0.15, -0.1) is 0 Å². The molecular formula is C20H22ClN3O2. The fourth-order valence-corrected chi connectivity index (χ4v) is 3.16. The van der Waals surface area contributed by atoms with Crippen molar-refractivity contribution in [1.82, 2.24) is 14.9 Å². The number of hydrogen-bond donors (Lipinski definition) is 1. The standard InChI is InChI=1S/C20H22ClN3O2/c1-26-14-13-24-18-10-5-4-9-17(18)23-19(24)11-6-12-22-20(25)15-7-2-3-8-16(15)21/h2-5,7-10H,6,11-14H2,1H3,(H,22,25). The Morgan fingerprint density at radius 3 is 2.77 bits per heavy atom. The van der Waals surface area contributed by atoms with Gasteiger partial charge < -0.3 is 14.6 Å². The number of fused-ring (bicyclic) bond motifs is 1. The van der Waals surface area contributed by atoms with E-state index in [2.05, 4.69) is 16.0 Å². The Labute approximate surface area is 157 Å². The third-order valence-corrected chi connectivity index (χ3v) is 4.56. The lowest BCUT2D eigenvalue weighted by Crippen LogP contribution is -2.25. The summed E-state index contributed by atoms with van der Waals surface area (Å²) < 4.78 is 7.41. The summed E-state index contributed by atoms with van der Waals surface area (Å²) in [5, 5.41) is 3.39. The van der Waals surface area contributed by atoms with Crippen molar-refractivity contribution in [2.45, 2.75) is 19.4 Å². The van der Waals surface area contributed by atoms with Crippen LogP contribution in [0.5, 0.6) is 0 Å². The van der Waals surface area contributed by atoms with Crippen molar-refractivity contribution in [2.75, 3.05) is 20.3 Å². The van der Waals surface area contributed by atoms with Gasteiger partial charge in [-0.25, -0.2) is 4.98 Å². The summed E-state index contributed by atoms with van der Waals surface area (Å²) in [5.41, 5.74) is 2.60. The number of carbonyl (C=O) groups excluding carboxylic acids is 1. The number of nitrogens with one attached hydrogen (secondary N) is 1. The highest BCUT2D eigenvalue weighted by atomic mass is 35.5. The van der Waals surface area contributed by atoms with Crippen LogP contribution >= 0.6 is 11.6 Å². The van der Waals surface area contributed by atoms with E-state index in [4.69, 9.17) is 21.3 Å². The molecule has 1 amide bonds. The van der Waals surface area contributed by atoms with Gasteiger partial charge in [0.25, 0.3) is 5.91 Å². The molecule has 0 radical (unpaired) electrons. The van der Waals surface area contributed by atoms with Crippen LogP contribution in [0.25, 0.3) is 11.0 Å². The van der Waals surface area contributed by atoms with Crippen molar-refractivity contribution < 1.29 is 9.53 Å². The number of aromatic nitrogens is 2. The Balaban J connectivity index is 1.61. The number of aryl methyl sites for hydroxylation is 1. The van der Waals surface area contributed by atoms with E-state index < -0.39 is 0 Å². The Hall–Kier alpha value is -2.37.